The zero-order valence-electron chi connectivity index (χ0n) is 18.0. The van der Waals surface area contributed by atoms with E-state index in [2.05, 4.69) is 58.3 Å². The Morgan fingerprint density at radius 1 is 0.933 bits per heavy atom. The van der Waals surface area contributed by atoms with Gasteiger partial charge < -0.3 is 10.5 Å². The molecule has 0 amide bonds. The van der Waals surface area contributed by atoms with Crippen LogP contribution in [0.1, 0.15) is 54.9 Å². The predicted molar refractivity (Wildman–Crippen MR) is 122 cm³/mol. The van der Waals surface area contributed by atoms with Gasteiger partial charge in [-0.2, -0.15) is 0 Å². The first-order valence-electron chi connectivity index (χ1n) is 11.8. The lowest BCUT2D eigenvalue weighted by Gasteiger charge is -2.38. The quantitative estimate of drug-likeness (QED) is 0.812. The van der Waals surface area contributed by atoms with Gasteiger partial charge in [-0.1, -0.05) is 42.8 Å². The molecular formula is C26H35N3O. The average molecular weight is 406 g/mol. The van der Waals surface area contributed by atoms with Gasteiger partial charge in [-0.05, 0) is 80.6 Å². The van der Waals surface area contributed by atoms with Crippen molar-refractivity contribution in [3.8, 4) is 5.75 Å². The first kappa shape index (κ1) is 20.0. The molecule has 0 spiro atoms. The van der Waals surface area contributed by atoms with Crippen molar-refractivity contribution >= 4 is 0 Å². The molecule has 2 saturated heterocycles. The summed E-state index contributed by atoms with van der Waals surface area (Å²) in [5.41, 5.74) is 10.5. The van der Waals surface area contributed by atoms with Crippen molar-refractivity contribution in [1.82, 2.24) is 9.80 Å². The second-order valence-electron chi connectivity index (χ2n) is 9.39. The Kier molecular flexibility index (Phi) is 6.07. The molecule has 1 aliphatic carbocycles. The molecule has 2 N–H and O–H groups in total. The van der Waals surface area contributed by atoms with E-state index in [4.69, 9.17) is 10.5 Å². The van der Waals surface area contributed by atoms with Gasteiger partial charge in [-0.15, -0.1) is 0 Å². The van der Waals surface area contributed by atoms with Crippen LogP contribution >= 0.6 is 0 Å². The molecule has 0 aromatic heterocycles. The average Bonchev–Trinajstić information content (AvgIpc) is 3.13. The zero-order valence-corrected chi connectivity index (χ0v) is 18.0. The number of nitrogens with zero attached hydrogens (tertiary/aromatic N) is 2. The Morgan fingerprint density at radius 2 is 1.80 bits per heavy atom. The number of hydrogen-bond acceptors (Lipinski definition) is 4. The Balaban J connectivity index is 1.35. The van der Waals surface area contributed by atoms with Gasteiger partial charge in [0.05, 0.1) is 6.04 Å². The van der Waals surface area contributed by atoms with Gasteiger partial charge in [-0.3, -0.25) is 9.80 Å². The molecule has 4 nitrogen and oxygen atoms in total. The summed E-state index contributed by atoms with van der Waals surface area (Å²) < 4.78 is 6.73. The minimum absolute atomic E-state index is 0.0803. The highest BCUT2D eigenvalue weighted by molar-refractivity contribution is 5.38. The standard InChI is InChI=1S/C26H35N3O/c27-22-10-7-15-29(19-22)25-17-21-9-2-3-12-24(21)26(25)30-23-11-6-8-20(16-23)18-28-13-4-1-5-14-28/h2-3,6,8-9,11-12,16,22,25-26H,1,4-5,7,10,13-15,17-19,27H2/t22-,25-,26-/m1/s1. The fourth-order valence-electron chi connectivity index (χ4n) is 5.58. The van der Waals surface area contributed by atoms with Gasteiger partial charge in [0, 0.05) is 19.1 Å². The lowest BCUT2D eigenvalue weighted by atomic mass is 10.0. The molecule has 2 aromatic carbocycles. The van der Waals surface area contributed by atoms with Crippen molar-refractivity contribution in [3.63, 3.8) is 0 Å². The van der Waals surface area contributed by atoms with E-state index in [-0.39, 0.29) is 12.1 Å². The third-order valence-corrected chi connectivity index (χ3v) is 7.11. The minimum Gasteiger partial charge on any atom is -0.484 e. The summed E-state index contributed by atoms with van der Waals surface area (Å²) in [4.78, 5) is 5.15. The van der Waals surface area contributed by atoms with Crippen molar-refractivity contribution in [2.75, 3.05) is 26.2 Å². The van der Waals surface area contributed by atoms with Crippen LogP contribution in [0.3, 0.4) is 0 Å². The Hall–Kier alpha value is -1.88. The number of likely N-dealkylation sites (tertiary alicyclic amines) is 2. The number of piperidine rings is 2. The molecule has 3 aliphatic rings. The molecule has 2 aromatic rings. The fourth-order valence-corrected chi connectivity index (χ4v) is 5.58. The van der Waals surface area contributed by atoms with Gasteiger partial charge in [0.15, 0.2) is 0 Å². The minimum atomic E-state index is 0.0803. The van der Waals surface area contributed by atoms with Crippen LogP contribution in [0.4, 0.5) is 0 Å². The van der Waals surface area contributed by atoms with E-state index in [9.17, 15) is 0 Å². The number of benzene rings is 2. The van der Waals surface area contributed by atoms with Crippen LogP contribution in [0.2, 0.25) is 0 Å². The summed E-state index contributed by atoms with van der Waals surface area (Å²) in [7, 11) is 0. The Morgan fingerprint density at radius 3 is 2.67 bits per heavy atom. The molecular weight excluding hydrogens is 370 g/mol. The largest absolute Gasteiger partial charge is 0.484 e. The zero-order chi connectivity index (χ0) is 20.3. The molecule has 2 aliphatic heterocycles. The van der Waals surface area contributed by atoms with E-state index in [1.165, 1.54) is 55.5 Å². The normalized spacial score (nSPS) is 27.7. The van der Waals surface area contributed by atoms with Gasteiger partial charge in [0.1, 0.15) is 11.9 Å². The van der Waals surface area contributed by atoms with Crippen molar-refractivity contribution in [2.45, 2.75) is 63.3 Å². The predicted octanol–water partition coefficient (Wildman–Crippen LogP) is 4.14. The van der Waals surface area contributed by atoms with E-state index in [0.717, 1.165) is 38.2 Å². The fraction of sp³-hybridized carbons (Fsp3) is 0.538. The molecule has 4 heteroatoms. The molecule has 3 atom stereocenters. The smallest absolute Gasteiger partial charge is 0.140 e. The lowest BCUT2D eigenvalue weighted by Crippen LogP contribution is -2.49. The van der Waals surface area contributed by atoms with E-state index >= 15 is 0 Å². The van der Waals surface area contributed by atoms with Crippen molar-refractivity contribution < 1.29 is 4.74 Å². The number of rotatable bonds is 5. The van der Waals surface area contributed by atoms with Crippen LogP contribution < -0.4 is 10.5 Å². The third-order valence-electron chi connectivity index (χ3n) is 7.11. The highest BCUT2D eigenvalue weighted by atomic mass is 16.5. The van der Waals surface area contributed by atoms with E-state index in [1.807, 2.05) is 0 Å². The number of ether oxygens (including phenoxy) is 1. The van der Waals surface area contributed by atoms with Crippen LogP contribution in [-0.4, -0.2) is 48.1 Å². The Labute approximate surface area is 181 Å². The Bertz CT molecular complexity index is 848. The number of fused-ring (bicyclic) bond motifs is 1. The topological polar surface area (TPSA) is 41.7 Å². The third kappa shape index (κ3) is 4.41. The molecule has 0 unspecified atom stereocenters. The van der Waals surface area contributed by atoms with Gasteiger partial charge in [-0.25, -0.2) is 0 Å². The molecule has 30 heavy (non-hydrogen) atoms. The van der Waals surface area contributed by atoms with Gasteiger partial charge in [0.2, 0.25) is 0 Å². The first-order valence-corrected chi connectivity index (χ1v) is 11.8. The maximum atomic E-state index is 6.73. The summed E-state index contributed by atoms with van der Waals surface area (Å²) in [5, 5.41) is 0. The lowest BCUT2D eigenvalue weighted by molar-refractivity contribution is 0.0592. The van der Waals surface area contributed by atoms with Crippen molar-refractivity contribution in [1.29, 1.82) is 0 Å². The summed E-state index contributed by atoms with van der Waals surface area (Å²) in [6.45, 7) is 5.58. The monoisotopic (exact) mass is 405 g/mol. The van der Waals surface area contributed by atoms with Crippen molar-refractivity contribution in [3.05, 3.63) is 65.2 Å². The van der Waals surface area contributed by atoms with E-state index < -0.39 is 0 Å². The maximum Gasteiger partial charge on any atom is 0.140 e. The molecule has 0 bridgehead atoms. The van der Waals surface area contributed by atoms with E-state index in [0.29, 0.717) is 6.04 Å². The number of hydrogen-bond donors (Lipinski definition) is 1. The van der Waals surface area contributed by atoms with Crippen LogP contribution in [0.5, 0.6) is 5.75 Å². The molecule has 0 saturated carbocycles. The first-order chi connectivity index (χ1) is 14.8. The molecule has 2 fully saturated rings. The highest BCUT2D eigenvalue weighted by Crippen LogP contribution is 2.39. The van der Waals surface area contributed by atoms with Crippen LogP contribution in [-0.2, 0) is 13.0 Å². The van der Waals surface area contributed by atoms with Gasteiger partial charge >= 0.3 is 0 Å². The van der Waals surface area contributed by atoms with Crippen molar-refractivity contribution in [2.24, 2.45) is 5.73 Å². The number of nitrogens with two attached hydrogens (primary N) is 1. The van der Waals surface area contributed by atoms with Gasteiger partial charge in [0.25, 0.3) is 0 Å². The molecule has 2 heterocycles. The van der Waals surface area contributed by atoms with E-state index in [1.54, 1.807) is 0 Å². The summed E-state index contributed by atoms with van der Waals surface area (Å²) in [6.07, 6.45) is 7.50. The summed E-state index contributed by atoms with van der Waals surface area (Å²) in [6, 6.07) is 18.3. The highest BCUT2D eigenvalue weighted by Gasteiger charge is 2.39. The molecule has 5 rings (SSSR count). The summed E-state index contributed by atoms with van der Waals surface area (Å²) >= 11 is 0. The summed E-state index contributed by atoms with van der Waals surface area (Å²) in [5.74, 6) is 0.998. The SMILES string of the molecule is N[C@@H]1CCCN([C@@H]2Cc3ccccc3[C@H]2Oc2cccc(CN3CCCCC3)c2)C1. The van der Waals surface area contributed by atoms with Crippen LogP contribution in [0.15, 0.2) is 48.5 Å². The second-order valence-corrected chi connectivity index (χ2v) is 9.39. The molecule has 160 valence electrons. The second kappa shape index (κ2) is 9.09. The molecule has 0 radical (unpaired) electrons. The van der Waals surface area contributed by atoms with Crippen LogP contribution in [0, 0.1) is 0 Å². The van der Waals surface area contributed by atoms with Crippen LogP contribution in [0.25, 0.3) is 0 Å². The maximum absolute atomic E-state index is 6.73.